The second kappa shape index (κ2) is 10.8. The molecule has 1 aliphatic rings. The van der Waals surface area contributed by atoms with Crippen LogP contribution in [-0.4, -0.2) is 29.9 Å². The number of thiocarbonyl (C=S) groups is 1. The molecular formula is C27H24N2O4S2. The van der Waals surface area contributed by atoms with E-state index in [1.807, 2.05) is 44.2 Å². The van der Waals surface area contributed by atoms with Crippen molar-refractivity contribution in [1.82, 2.24) is 0 Å². The molecule has 1 saturated heterocycles. The number of anilines is 2. The molecular weight excluding hydrogens is 480 g/mol. The highest BCUT2D eigenvalue weighted by atomic mass is 32.2. The molecule has 3 aromatic carbocycles. The summed E-state index contributed by atoms with van der Waals surface area (Å²) in [6.45, 7) is 3.86. The van der Waals surface area contributed by atoms with Crippen LogP contribution in [0.5, 0.6) is 11.5 Å². The second-order valence-corrected chi connectivity index (χ2v) is 9.62. The number of carbonyl (C=O) groups is 2. The minimum Gasteiger partial charge on any atom is -0.497 e. The number of carbonyl (C=O) groups excluding carboxylic acids is 2. The lowest BCUT2D eigenvalue weighted by atomic mass is 10.1. The third-order valence-corrected chi connectivity index (χ3v) is 6.63. The van der Waals surface area contributed by atoms with Crippen LogP contribution in [0.3, 0.4) is 0 Å². The molecule has 1 fully saturated rings. The molecule has 1 heterocycles. The highest BCUT2D eigenvalue weighted by molar-refractivity contribution is 8.27. The zero-order valence-electron chi connectivity index (χ0n) is 19.5. The van der Waals surface area contributed by atoms with Crippen LogP contribution in [0, 0.1) is 13.8 Å². The second-order valence-electron chi connectivity index (χ2n) is 7.94. The van der Waals surface area contributed by atoms with Crippen molar-refractivity contribution in [2.24, 2.45) is 0 Å². The molecule has 1 aliphatic heterocycles. The van der Waals surface area contributed by atoms with E-state index in [2.05, 4.69) is 5.32 Å². The van der Waals surface area contributed by atoms with Crippen LogP contribution in [0.4, 0.5) is 11.4 Å². The number of ether oxygens (including phenoxy) is 2. The van der Waals surface area contributed by atoms with Gasteiger partial charge in [0.05, 0.1) is 17.7 Å². The van der Waals surface area contributed by atoms with Gasteiger partial charge < -0.3 is 14.8 Å². The Hall–Kier alpha value is -3.62. The number of aryl methyl sites for hydroxylation is 2. The number of rotatable bonds is 7. The van der Waals surface area contributed by atoms with Crippen molar-refractivity contribution < 1.29 is 19.1 Å². The summed E-state index contributed by atoms with van der Waals surface area (Å²) in [6, 6.07) is 20.2. The molecule has 0 unspecified atom stereocenters. The molecule has 0 saturated carbocycles. The maximum Gasteiger partial charge on any atom is 0.270 e. The first-order valence-corrected chi connectivity index (χ1v) is 12.1. The fourth-order valence-corrected chi connectivity index (χ4v) is 4.82. The molecule has 0 aliphatic carbocycles. The summed E-state index contributed by atoms with van der Waals surface area (Å²) in [4.78, 5) is 27.3. The van der Waals surface area contributed by atoms with Crippen molar-refractivity contribution in [2.45, 2.75) is 13.8 Å². The lowest BCUT2D eigenvalue weighted by Crippen LogP contribution is -2.27. The number of nitrogens with zero attached hydrogens (tertiary/aromatic N) is 1. The Bertz CT molecular complexity index is 1300. The largest absolute Gasteiger partial charge is 0.497 e. The van der Waals surface area contributed by atoms with Gasteiger partial charge in [-0.2, -0.15) is 0 Å². The highest BCUT2D eigenvalue weighted by Gasteiger charge is 2.33. The first kappa shape index (κ1) is 24.5. The van der Waals surface area contributed by atoms with Gasteiger partial charge in [0.15, 0.2) is 10.9 Å². The van der Waals surface area contributed by atoms with E-state index >= 15 is 0 Å². The minimum absolute atomic E-state index is 0.104. The monoisotopic (exact) mass is 504 g/mol. The number of nitrogens with one attached hydrogen (secondary N) is 1. The molecule has 0 bridgehead atoms. The van der Waals surface area contributed by atoms with E-state index in [0.29, 0.717) is 26.4 Å². The number of benzene rings is 3. The standard InChI is InChI=1S/C27H24N2O4S2/c1-17-4-13-23(18(2)14-17)28-25(30)16-33-22-9-5-19(6-10-22)15-24-26(31)29(27(34)35-24)20-7-11-21(32-3)12-8-20/h4-15H,16H2,1-3H3,(H,28,30)/b24-15-. The summed E-state index contributed by atoms with van der Waals surface area (Å²) in [6.07, 6.45) is 1.79. The van der Waals surface area contributed by atoms with Gasteiger partial charge >= 0.3 is 0 Å². The number of thioether (sulfide) groups is 1. The van der Waals surface area contributed by atoms with Gasteiger partial charge in [-0.3, -0.25) is 14.5 Å². The van der Waals surface area contributed by atoms with Gasteiger partial charge in [0.1, 0.15) is 11.5 Å². The minimum atomic E-state index is -0.233. The van der Waals surface area contributed by atoms with Crippen LogP contribution >= 0.6 is 24.0 Å². The molecule has 178 valence electrons. The molecule has 4 rings (SSSR count). The van der Waals surface area contributed by atoms with Gasteiger partial charge in [0.25, 0.3) is 11.8 Å². The Morgan fingerprint density at radius 2 is 1.71 bits per heavy atom. The van der Waals surface area contributed by atoms with Crippen molar-refractivity contribution in [1.29, 1.82) is 0 Å². The summed E-state index contributed by atoms with van der Waals surface area (Å²) in [5.41, 5.74) is 4.43. The average Bonchev–Trinajstić information content (AvgIpc) is 3.13. The average molecular weight is 505 g/mol. The zero-order chi connectivity index (χ0) is 24.9. The number of hydrogen-bond donors (Lipinski definition) is 1. The first-order valence-electron chi connectivity index (χ1n) is 10.9. The van der Waals surface area contributed by atoms with Crippen LogP contribution in [0.15, 0.2) is 71.6 Å². The summed E-state index contributed by atoms with van der Waals surface area (Å²) in [7, 11) is 1.59. The lowest BCUT2D eigenvalue weighted by Gasteiger charge is -2.14. The third-order valence-electron chi connectivity index (χ3n) is 5.33. The fourth-order valence-electron chi connectivity index (χ4n) is 3.52. The zero-order valence-corrected chi connectivity index (χ0v) is 21.2. The van der Waals surface area contributed by atoms with E-state index < -0.39 is 0 Å². The molecule has 35 heavy (non-hydrogen) atoms. The molecule has 0 spiro atoms. The van der Waals surface area contributed by atoms with E-state index in [1.165, 1.54) is 16.7 Å². The Morgan fingerprint density at radius 3 is 2.37 bits per heavy atom. The van der Waals surface area contributed by atoms with E-state index in [9.17, 15) is 9.59 Å². The fraction of sp³-hybridized carbons (Fsp3) is 0.148. The van der Waals surface area contributed by atoms with E-state index in [0.717, 1.165) is 22.4 Å². The van der Waals surface area contributed by atoms with Gasteiger partial charge in [-0.15, -0.1) is 0 Å². The first-order chi connectivity index (χ1) is 16.8. The predicted molar refractivity (Wildman–Crippen MR) is 145 cm³/mol. The molecule has 6 nitrogen and oxygen atoms in total. The van der Waals surface area contributed by atoms with Crippen molar-refractivity contribution in [2.75, 3.05) is 23.9 Å². The summed E-state index contributed by atoms with van der Waals surface area (Å²) in [5, 5.41) is 2.86. The SMILES string of the molecule is COc1ccc(N2C(=O)/C(=C/c3ccc(OCC(=O)Nc4ccc(C)cc4C)cc3)SC2=S)cc1. The maximum absolute atomic E-state index is 13.0. The van der Waals surface area contributed by atoms with Gasteiger partial charge in [-0.25, -0.2) is 0 Å². The van der Waals surface area contributed by atoms with Gasteiger partial charge in [-0.05, 0) is 73.5 Å². The Kier molecular flexibility index (Phi) is 7.53. The number of amides is 2. The Morgan fingerprint density at radius 1 is 1.03 bits per heavy atom. The Balaban J connectivity index is 1.36. The topological polar surface area (TPSA) is 67.9 Å². The van der Waals surface area contributed by atoms with Crippen LogP contribution in [0.2, 0.25) is 0 Å². The van der Waals surface area contributed by atoms with Gasteiger partial charge in [0, 0.05) is 5.69 Å². The van der Waals surface area contributed by atoms with Gasteiger partial charge in [0.2, 0.25) is 0 Å². The van der Waals surface area contributed by atoms with Crippen molar-refractivity contribution >= 4 is 57.6 Å². The quantitative estimate of drug-likeness (QED) is 0.327. The van der Waals surface area contributed by atoms with E-state index in [1.54, 1.807) is 49.6 Å². The molecule has 8 heteroatoms. The molecule has 3 aromatic rings. The molecule has 1 N–H and O–H groups in total. The maximum atomic E-state index is 13.0. The molecule has 2 amide bonds. The van der Waals surface area contributed by atoms with Crippen LogP contribution in [0.25, 0.3) is 6.08 Å². The molecule has 0 atom stereocenters. The predicted octanol–water partition coefficient (Wildman–Crippen LogP) is 5.74. The van der Waals surface area contributed by atoms with Crippen LogP contribution in [0.1, 0.15) is 16.7 Å². The summed E-state index contributed by atoms with van der Waals surface area (Å²) in [5.74, 6) is 0.861. The van der Waals surface area contributed by atoms with Crippen molar-refractivity contribution in [3.8, 4) is 11.5 Å². The molecule has 0 radical (unpaired) electrons. The normalized spacial score (nSPS) is 14.4. The van der Waals surface area contributed by atoms with E-state index in [-0.39, 0.29) is 18.4 Å². The highest BCUT2D eigenvalue weighted by Crippen LogP contribution is 2.36. The summed E-state index contributed by atoms with van der Waals surface area (Å²) >= 11 is 6.69. The van der Waals surface area contributed by atoms with Crippen LogP contribution in [-0.2, 0) is 9.59 Å². The van der Waals surface area contributed by atoms with Crippen molar-refractivity contribution in [3.63, 3.8) is 0 Å². The third kappa shape index (κ3) is 5.90. The van der Waals surface area contributed by atoms with E-state index in [4.69, 9.17) is 21.7 Å². The van der Waals surface area contributed by atoms with Crippen molar-refractivity contribution in [3.05, 3.63) is 88.3 Å². The van der Waals surface area contributed by atoms with Gasteiger partial charge in [-0.1, -0.05) is 53.8 Å². The molecule has 0 aromatic heterocycles. The smallest absolute Gasteiger partial charge is 0.270 e. The summed E-state index contributed by atoms with van der Waals surface area (Å²) < 4.78 is 11.3. The Labute approximate surface area is 213 Å². The van der Waals surface area contributed by atoms with Crippen LogP contribution < -0.4 is 19.7 Å². The number of methoxy groups -OCH3 is 1. The lowest BCUT2D eigenvalue weighted by molar-refractivity contribution is -0.118. The number of hydrogen-bond acceptors (Lipinski definition) is 6.